The lowest BCUT2D eigenvalue weighted by Gasteiger charge is -2.17. The van der Waals surface area contributed by atoms with Crippen molar-refractivity contribution in [2.45, 2.75) is 19.1 Å². The molecule has 4 heteroatoms. The fourth-order valence-corrected chi connectivity index (χ4v) is 3.35. The number of ether oxygens (including phenoxy) is 2. The quantitative estimate of drug-likeness (QED) is 0.685. The molecule has 1 unspecified atom stereocenters. The van der Waals surface area contributed by atoms with Gasteiger partial charge in [0.25, 0.3) is 0 Å². The molecular weight excluding hydrogens is 318 g/mol. The number of nitrogens with two attached hydrogens (primary N) is 1. The van der Waals surface area contributed by atoms with E-state index in [2.05, 4.69) is 12.1 Å². The summed E-state index contributed by atoms with van der Waals surface area (Å²) in [5.74, 6) is 1.51. The maximum atomic E-state index is 6.35. The van der Waals surface area contributed by atoms with Gasteiger partial charge in [-0.3, -0.25) is 0 Å². The van der Waals surface area contributed by atoms with Gasteiger partial charge in [-0.05, 0) is 35.1 Å². The van der Waals surface area contributed by atoms with Crippen LogP contribution in [0.4, 0.5) is 0 Å². The summed E-state index contributed by atoms with van der Waals surface area (Å²) in [5, 5.41) is 2.05. The molecule has 0 aliphatic carbocycles. The van der Waals surface area contributed by atoms with E-state index in [4.69, 9.17) is 15.2 Å². The average molecular weight is 339 g/mol. The number of thiophene rings is 1. The zero-order valence-corrected chi connectivity index (χ0v) is 14.5. The van der Waals surface area contributed by atoms with E-state index in [1.165, 1.54) is 4.88 Å². The molecule has 3 aromatic rings. The fraction of sp³-hybridized carbons (Fsp3) is 0.200. The summed E-state index contributed by atoms with van der Waals surface area (Å²) in [6.07, 6.45) is 0.710. The molecule has 0 fully saturated rings. The van der Waals surface area contributed by atoms with Gasteiger partial charge in [-0.1, -0.05) is 48.5 Å². The molecule has 2 aromatic carbocycles. The second-order valence-electron chi connectivity index (χ2n) is 5.55. The van der Waals surface area contributed by atoms with E-state index >= 15 is 0 Å². The molecule has 0 aliphatic rings. The summed E-state index contributed by atoms with van der Waals surface area (Å²) in [4.78, 5) is 1.17. The lowest BCUT2D eigenvalue weighted by Crippen LogP contribution is -2.13. The Morgan fingerprint density at radius 2 is 1.83 bits per heavy atom. The van der Waals surface area contributed by atoms with Crippen LogP contribution in [0.3, 0.4) is 0 Å². The number of para-hydroxylation sites is 1. The Balaban J connectivity index is 1.80. The predicted octanol–water partition coefficient (Wildman–Crippen LogP) is 4.58. The third kappa shape index (κ3) is 3.96. The molecule has 0 saturated carbocycles. The molecule has 1 aromatic heterocycles. The number of benzene rings is 2. The molecule has 0 spiro atoms. The van der Waals surface area contributed by atoms with E-state index in [1.807, 2.05) is 53.9 Å². The van der Waals surface area contributed by atoms with Crippen LogP contribution in [0, 0.1) is 0 Å². The van der Waals surface area contributed by atoms with Crippen LogP contribution in [0.25, 0.3) is 0 Å². The van der Waals surface area contributed by atoms with Gasteiger partial charge < -0.3 is 15.2 Å². The average Bonchev–Trinajstić information content (AvgIpc) is 3.16. The third-order valence-electron chi connectivity index (χ3n) is 3.85. The highest BCUT2D eigenvalue weighted by Gasteiger charge is 2.15. The molecular formula is C20H21NO2S. The van der Waals surface area contributed by atoms with Crippen molar-refractivity contribution in [3.05, 3.63) is 82.0 Å². The highest BCUT2D eigenvalue weighted by atomic mass is 32.1. The first-order valence-corrected chi connectivity index (χ1v) is 8.77. The van der Waals surface area contributed by atoms with Crippen LogP contribution in [0.15, 0.2) is 66.0 Å². The highest BCUT2D eigenvalue weighted by Crippen LogP contribution is 2.34. The van der Waals surface area contributed by atoms with Gasteiger partial charge in [-0.25, -0.2) is 0 Å². The monoisotopic (exact) mass is 339 g/mol. The van der Waals surface area contributed by atoms with Crippen molar-refractivity contribution in [3.63, 3.8) is 0 Å². The number of hydrogen-bond donors (Lipinski definition) is 1. The summed E-state index contributed by atoms with van der Waals surface area (Å²) >= 11 is 1.68. The van der Waals surface area contributed by atoms with Crippen LogP contribution in [0.2, 0.25) is 0 Å². The predicted molar refractivity (Wildman–Crippen MR) is 98.7 cm³/mol. The van der Waals surface area contributed by atoms with Gasteiger partial charge in [0, 0.05) is 10.9 Å². The molecule has 1 atom stereocenters. The molecule has 0 aliphatic heterocycles. The van der Waals surface area contributed by atoms with Crippen molar-refractivity contribution in [1.29, 1.82) is 0 Å². The summed E-state index contributed by atoms with van der Waals surface area (Å²) in [5.41, 5.74) is 8.54. The van der Waals surface area contributed by atoms with Crippen LogP contribution in [-0.4, -0.2) is 7.11 Å². The maximum Gasteiger partial charge on any atom is 0.164 e. The lowest BCUT2D eigenvalue weighted by atomic mass is 10.0. The van der Waals surface area contributed by atoms with Crippen LogP contribution in [0.5, 0.6) is 11.5 Å². The zero-order valence-electron chi connectivity index (χ0n) is 13.6. The summed E-state index contributed by atoms with van der Waals surface area (Å²) in [6, 6.07) is 20.1. The lowest BCUT2D eigenvalue weighted by molar-refractivity contribution is 0.281. The molecule has 124 valence electrons. The van der Waals surface area contributed by atoms with Crippen molar-refractivity contribution >= 4 is 11.3 Å². The Bertz CT molecular complexity index is 757. The minimum Gasteiger partial charge on any atom is -0.493 e. The van der Waals surface area contributed by atoms with Crippen LogP contribution >= 0.6 is 11.3 Å². The van der Waals surface area contributed by atoms with E-state index in [1.54, 1.807) is 18.4 Å². The van der Waals surface area contributed by atoms with Crippen LogP contribution in [0.1, 0.15) is 22.0 Å². The van der Waals surface area contributed by atoms with Gasteiger partial charge in [0.1, 0.15) is 6.61 Å². The topological polar surface area (TPSA) is 44.5 Å². The standard InChI is InChI=1S/C20H21NO2S/c1-22-18-10-5-9-16(13-17(21)19-11-6-12-24-19)20(18)23-14-15-7-3-2-4-8-15/h2-12,17H,13-14,21H2,1H3. The third-order valence-corrected chi connectivity index (χ3v) is 4.86. The van der Waals surface area contributed by atoms with Crippen molar-refractivity contribution < 1.29 is 9.47 Å². The van der Waals surface area contributed by atoms with Crippen molar-refractivity contribution in [2.24, 2.45) is 5.73 Å². The fourth-order valence-electron chi connectivity index (χ4n) is 2.62. The highest BCUT2D eigenvalue weighted by molar-refractivity contribution is 7.10. The first kappa shape index (κ1) is 16.6. The van der Waals surface area contributed by atoms with Gasteiger partial charge in [0.2, 0.25) is 0 Å². The molecule has 0 bridgehead atoms. The van der Waals surface area contributed by atoms with Crippen LogP contribution in [-0.2, 0) is 13.0 Å². The maximum absolute atomic E-state index is 6.35. The van der Waals surface area contributed by atoms with Gasteiger partial charge in [-0.2, -0.15) is 0 Å². The molecule has 0 amide bonds. The Kier molecular flexibility index (Phi) is 5.51. The first-order valence-electron chi connectivity index (χ1n) is 7.89. The van der Waals surface area contributed by atoms with Crippen molar-refractivity contribution in [1.82, 2.24) is 0 Å². The molecule has 3 rings (SSSR count). The minimum absolute atomic E-state index is 0.0452. The van der Waals surface area contributed by atoms with E-state index in [0.29, 0.717) is 13.0 Å². The van der Waals surface area contributed by atoms with Gasteiger partial charge in [0.05, 0.1) is 7.11 Å². The second-order valence-corrected chi connectivity index (χ2v) is 6.53. The molecule has 24 heavy (non-hydrogen) atoms. The summed E-state index contributed by atoms with van der Waals surface area (Å²) in [6.45, 7) is 0.502. The Hall–Kier alpha value is -2.30. The zero-order chi connectivity index (χ0) is 16.8. The number of hydrogen-bond acceptors (Lipinski definition) is 4. The summed E-state index contributed by atoms with van der Waals surface area (Å²) in [7, 11) is 1.66. The number of rotatable bonds is 7. The second kappa shape index (κ2) is 7.99. The van der Waals surface area contributed by atoms with Crippen molar-refractivity contribution in [2.75, 3.05) is 7.11 Å². The smallest absolute Gasteiger partial charge is 0.164 e. The molecule has 0 radical (unpaired) electrons. The summed E-state index contributed by atoms with van der Waals surface area (Å²) < 4.78 is 11.6. The SMILES string of the molecule is COc1cccc(CC(N)c2cccs2)c1OCc1ccccc1. The first-order chi connectivity index (χ1) is 11.8. The van der Waals surface area contributed by atoms with Crippen LogP contribution < -0.4 is 15.2 Å². The normalized spacial score (nSPS) is 11.9. The van der Waals surface area contributed by atoms with E-state index < -0.39 is 0 Å². The van der Waals surface area contributed by atoms with Gasteiger partial charge in [0.15, 0.2) is 11.5 Å². The number of methoxy groups -OCH3 is 1. The van der Waals surface area contributed by atoms with E-state index in [0.717, 1.165) is 22.6 Å². The van der Waals surface area contributed by atoms with Gasteiger partial charge >= 0.3 is 0 Å². The molecule has 1 heterocycles. The van der Waals surface area contributed by atoms with Gasteiger partial charge in [-0.15, -0.1) is 11.3 Å². The Labute approximate surface area is 146 Å². The van der Waals surface area contributed by atoms with E-state index in [-0.39, 0.29) is 6.04 Å². The van der Waals surface area contributed by atoms with Crippen molar-refractivity contribution in [3.8, 4) is 11.5 Å². The Morgan fingerprint density at radius 3 is 2.54 bits per heavy atom. The Morgan fingerprint density at radius 1 is 1.00 bits per heavy atom. The molecule has 0 saturated heterocycles. The largest absolute Gasteiger partial charge is 0.493 e. The molecule has 2 N–H and O–H groups in total. The molecule has 3 nitrogen and oxygen atoms in total. The minimum atomic E-state index is -0.0452. The van der Waals surface area contributed by atoms with E-state index in [9.17, 15) is 0 Å².